The number of allylic oxidation sites excluding steroid dienone is 2. The smallest absolute Gasteiger partial charge is 0.341 e. The summed E-state index contributed by atoms with van der Waals surface area (Å²) in [5.41, 5.74) is 0. The van der Waals surface area contributed by atoms with E-state index in [1.54, 1.807) is 0 Å². The third-order valence-electron chi connectivity index (χ3n) is 2.24. The molecule has 0 rings (SSSR count). The van der Waals surface area contributed by atoms with Gasteiger partial charge in [0.05, 0.1) is 0 Å². The molecule has 2 atom stereocenters. The maximum Gasteiger partial charge on any atom is 0.445 e. The summed E-state index contributed by atoms with van der Waals surface area (Å²) in [5, 5.41) is 0. The van der Waals surface area contributed by atoms with Gasteiger partial charge < -0.3 is 4.74 Å². The zero-order valence-corrected chi connectivity index (χ0v) is 11.6. The van der Waals surface area contributed by atoms with Crippen molar-refractivity contribution in [3.05, 3.63) is 23.3 Å². The van der Waals surface area contributed by atoms with Crippen molar-refractivity contribution in [1.82, 2.24) is 0 Å². The predicted octanol–water partition coefficient (Wildman–Crippen LogP) is 6.29. The minimum Gasteiger partial charge on any atom is -0.341 e. The van der Waals surface area contributed by atoms with Gasteiger partial charge in [-0.2, -0.15) is 61.5 Å². The van der Waals surface area contributed by atoms with Gasteiger partial charge in [0.2, 0.25) is 23.9 Å². The van der Waals surface area contributed by atoms with E-state index in [1.165, 1.54) is 0 Å². The second kappa shape index (κ2) is 7.75. The lowest BCUT2D eigenvalue weighted by atomic mass is 10.2. The van der Waals surface area contributed by atoms with Crippen LogP contribution < -0.4 is 0 Å². The molecule has 0 bridgehead atoms. The van der Waals surface area contributed by atoms with E-state index in [9.17, 15) is 70.2 Å². The average molecular weight is 442 g/mol. The van der Waals surface area contributed by atoms with Crippen LogP contribution >= 0.6 is 0 Å². The molecule has 0 aromatic heterocycles. The monoisotopic (exact) mass is 442 g/mol. The van der Waals surface area contributed by atoms with Crippen LogP contribution in [0.25, 0.3) is 0 Å². The molecule has 0 saturated heterocycles. The van der Waals surface area contributed by atoms with E-state index >= 15 is 0 Å². The summed E-state index contributed by atoms with van der Waals surface area (Å²) in [6.45, 7) is 0. The molecule has 0 aliphatic rings. The Kier molecular flexibility index (Phi) is 7.26. The summed E-state index contributed by atoms with van der Waals surface area (Å²) in [7, 11) is 0. The third kappa shape index (κ3) is 6.76. The van der Waals surface area contributed by atoms with Crippen LogP contribution in [0.4, 0.5) is 70.2 Å². The third-order valence-corrected chi connectivity index (χ3v) is 2.24. The van der Waals surface area contributed by atoms with Crippen LogP contribution in [-0.2, 0) is 4.74 Å². The maximum absolute atomic E-state index is 13.0. The van der Waals surface area contributed by atoms with E-state index in [1.807, 2.05) is 0 Å². The number of hydrogen-bond acceptors (Lipinski definition) is 1. The lowest BCUT2D eigenvalue weighted by Crippen LogP contribution is -2.43. The van der Waals surface area contributed by atoms with Crippen LogP contribution in [0.3, 0.4) is 0 Å². The Balaban J connectivity index is 6.41. The molecule has 0 N–H and O–H groups in total. The van der Waals surface area contributed by atoms with E-state index in [4.69, 9.17) is 0 Å². The molecule has 0 aromatic carbocycles. The van der Waals surface area contributed by atoms with E-state index in [-0.39, 0.29) is 0 Å². The molecule has 1 nitrogen and oxygen atoms in total. The zero-order chi connectivity index (χ0) is 22.2. The Morgan fingerprint density at radius 2 is 0.704 bits per heavy atom. The van der Waals surface area contributed by atoms with Gasteiger partial charge in [0, 0.05) is 0 Å². The van der Waals surface area contributed by atoms with Crippen LogP contribution in [-0.4, -0.2) is 36.9 Å². The van der Waals surface area contributed by atoms with Gasteiger partial charge in [-0.15, -0.1) is 0 Å². The van der Waals surface area contributed by atoms with Crippen LogP contribution in [0.5, 0.6) is 0 Å². The molecule has 0 aliphatic carbocycles. The number of ether oxygens (including phenoxy) is 1. The van der Waals surface area contributed by atoms with Crippen molar-refractivity contribution in [3.8, 4) is 0 Å². The van der Waals surface area contributed by atoms with Crippen LogP contribution in [0, 0.1) is 0 Å². The molecule has 0 spiro atoms. The maximum atomic E-state index is 13.0. The van der Waals surface area contributed by atoms with Gasteiger partial charge in [0.25, 0.3) is 0 Å². The van der Waals surface area contributed by atoms with Crippen molar-refractivity contribution in [2.45, 2.75) is 36.9 Å². The number of hydrogen-bond donors (Lipinski definition) is 0. The van der Waals surface area contributed by atoms with Gasteiger partial charge in [0.15, 0.2) is 11.7 Å². The molecule has 0 amide bonds. The quantitative estimate of drug-likeness (QED) is 0.465. The van der Waals surface area contributed by atoms with Gasteiger partial charge in [0.1, 0.15) is 0 Å². The molecule has 0 fully saturated rings. The standard InChI is InChI=1S/C10H2F16O/c11-1(3(13)7(15,16)17)5(9(21,22)23)27-6(10(24,25)26)2(12)4(14)8(18,19)20/h5-6H. The van der Waals surface area contributed by atoms with E-state index in [2.05, 4.69) is 4.74 Å². The fourth-order valence-corrected chi connectivity index (χ4v) is 1.20. The highest BCUT2D eigenvalue weighted by Crippen LogP contribution is 2.42. The van der Waals surface area contributed by atoms with Crippen molar-refractivity contribution in [2.24, 2.45) is 0 Å². The van der Waals surface area contributed by atoms with E-state index in [0.29, 0.717) is 0 Å². The fourth-order valence-electron chi connectivity index (χ4n) is 1.20. The number of alkyl halides is 12. The van der Waals surface area contributed by atoms with Crippen molar-refractivity contribution < 1.29 is 75.0 Å². The van der Waals surface area contributed by atoms with Gasteiger partial charge in [-0.05, 0) is 0 Å². The normalized spacial score (nSPS) is 18.7. The van der Waals surface area contributed by atoms with E-state index in [0.717, 1.165) is 0 Å². The Labute approximate surface area is 136 Å². The van der Waals surface area contributed by atoms with Crippen molar-refractivity contribution in [3.63, 3.8) is 0 Å². The first kappa shape index (κ1) is 25.3. The first-order valence-corrected chi connectivity index (χ1v) is 5.65. The van der Waals surface area contributed by atoms with Crippen molar-refractivity contribution in [2.75, 3.05) is 0 Å². The molecule has 2 unspecified atom stereocenters. The lowest BCUT2D eigenvalue weighted by Gasteiger charge is -2.27. The first-order valence-electron chi connectivity index (χ1n) is 5.65. The molecule has 160 valence electrons. The van der Waals surface area contributed by atoms with Gasteiger partial charge >= 0.3 is 24.7 Å². The SMILES string of the molecule is FC(=C(F)C(F)(F)F)C(OC(C(F)=C(F)C(F)(F)F)C(F)(F)F)C(F)(F)F. The Bertz CT molecular complexity index is 532. The minimum absolute atomic E-state index is 2.54. The Hall–Kier alpha value is -1.68. The van der Waals surface area contributed by atoms with Crippen molar-refractivity contribution in [1.29, 1.82) is 0 Å². The molecule has 0 aliphatic heterocycles. The Morgan fingerprint density at radius 3 is 0.852 bits per heavy atom. The molecule has 27 heavy (non-hydrogen) atoms. The average Bonchev–Trinajstić information content (AvgIpc) is 2.40. The summed E-state index contributed by atoms with van der Waals surface area (Å²) in [6, 6.07) is 0. The summed E-state index contributed by atoms with van der Waals surface area (Å²) < 4.78 is 199. The fraction of sp³-hybridized carbons (Fsp3) is 0.600. The second-order valence-electron chi connectivity index (χ2n) is 4.30. The van der Waals surface area contributed by atoms with Crippen molar-refractivity contribution >= 4 is 0 Å². The number of halogens is 16. The summed E-state index contributed by atoms with van der Waals surface area (Å²) in [6.07, 6.45) is -36.7. The molecular formula is C10H2F16O. The minimum atomic E-state index is -6.65. The molecule has 0 aromatic rings. The highest BCUT2D eigenvalue weighted by Gasteiger charge is 2.57. The molecule has 0 radical (unpaired) electrons. The molecule has 0 saturated carbocycles. The second-order valence-corrected chi connectivity index (χ2v) is 4.30. The first-order chi connectivity index (χ1) is 11.6. The summed E-state index contributed by atoms with van der Waals surface area (Å²) >= 11 is 0. The zero-order valence-electron chi connectivity index (χ0n) is 11.6. The van der Waals surface area contributed by atoms with Gasteiger partial charge in [-0.25, -0.2) is 8.78 Å². The molecule has 0 heterocycles. The molecule has 17 heteroatoms. The summed E-state index contributed by atoms with van der Waals surface area (Å²) in [5.74, 6) is -16.7. The molecular weight excluding hydrogens is 440 g/mol. The highest BCUT2D eigenvalue weighted by atomic mass is 19.4. The predicted molar refractivity (Wildman–Crippen MR) is 51.4 cm³/mol. The largest absolute Gasteiger partial charge is 0.445 e. The van der Waals surface area contributed by atoms with Gasteiger partial charge in [-0.3, -0.25) is 0 Å². The van der Waals surface area contributed by atoms with Crippen LogP contribution in [0.1, 0.15) is 0 Å². The summed E-state index contributed by atoms with van der Waals surface area (Å²) in [4.78, 5) is 0. The number of rotatable bonds is 4. The van der Waals surface area contributed by atoms with E-state index < -0.39 is 60.2 Å². The van der Waals surface area contributed by atoms with Gasteiger partial charge in [-0.1, -0.05) is 0 Å². The van der Waals surface area contributed by atoms with Crippen LogP contribution in [0.15, 0.2) is 23.3 Å². The topological polar surface area (TPSA) is 9.23 Å². The highest BCUT2D eigenvalue weighted by molar-refractivity contribution is 5.16. The lowest BCUT2D eigenvalue weighted by molar-refractivity contribution is -0.276. The van der Waals surface area contributed by atoms with Crippen LogP contribution in [0.2, 0.25) is 0 Å². The Morgan fingerprint density at radius 1 is 0.481 bits per heavy atom.